The minimum atomic E-state index is -0.915. The van der Waals surface area contributed by atoms with Crippen molar-refractivity contribution in [3.8, 4) is 0 Å². The van der Waals surface area contributed by atoms with Gasteiger partial charge in [0.05, 0.1) is 5.88 Å². The van der Waals surface area contributed by atoms with Crippen LogP contribution < -0.4 is 5.32 Å². The highest BCUT2D eigenvalue weighted by Crippen LogP contribution is 2.37. The average molecular weight is 272 g/mol. The highest BCUT2D eigenvalue weighted by atomic mass is 32.2. The molecule has 5 nitrogen and oxygen atoms in total. The number of hydrogen-bond acceptors (Lipinski definition) is 3. The van der Waals surface area contributed by atoms with Crippen molar-refractivity contribution in [3.63, 3.8) is 0 Å². The summed E-state index contributed by atoms with van der Waals surface area (Å²) in [5.74, 6) is 0.0413. The Balaban J connectivity index is 1.90. The first-order valence-corrected chi connectivity index (χ1v) is 7.42. The fourth-order valence-electron chi connectivity index (χ4n) is 2.66. The third-order valence-corrected chi connectivity index (χ3v) is 4.74. The Labute approximate surface area is 111 Å². The fourth-order valence-corrected chi connectivity index (χ4v) is 3.81. The van der Waals surface area contributed by atoms with Gasteiger partial charge in [-0.05, 0) is 24.7 Å². The van der Waals surface area contributed by atoms with E-state index in [1.807, 2.05) is 0 Å². The molecule has 2 aliphatic rings. The number of rotatable bonds is 2. The summed E-state index contributed by atoms with van der Waals surface area (Å²) in [6.45, 7) is 4.40. The van der Waals surface area contributed by atoms with E-state index in [1.165, 1.54) is 16.7 Å². The van der Waals surface area contributed by atoms with Crippen molar-refractivity contribution in [2.75, 3.05) is 11.6 Å². The number of nitrogens with one attached hydrogen (secondary N) is 1. The molecule has 2 fully saturated rings. The van der Waals surface area contributed by atoms with E-state index >= 15 is 0 Å². The largest absolute Gasteiger partial charge is 0.480 e. The molecule has 2 rings (SSSR count). The summed E-state index contributed by atoms with van der Waals surface area (Å²) < 4.78 is 0. The molecule has 0 aromatic heterocycles. The second-order valence-corrected chi connectivity index (χ2v) is 6.88. The summed E-state index contributed by atoms with van der Waals surface area (Å²) in [5.41, 5.74) is 0.282. The standard InChI is InChI=1S/C12H20N2O3S/c1-12(2)4-3-8(5-12)13-11(17)14-7-18-6-9(14)10(15)16/h8-9H,3-7H2,1-2H3,(H,13,17)(H,15,16)/t8?,9-/m0/s1. The van der Waals surface area contributed by atoms with Gasteiger partial charge in [-0.25, -0.2) is 9.59 Å². The van der Waals surface area contributed by atoms with E-state index in [-0.39, 0.29) is 17.5 Å². The predicted molar refractivity (Wildman–Crippen MR) is 70.5 cm³/mol. The fraction of sp³-hybridized carbons (Fsp3) is 0.833. The number of carboxylic acids is 1. The summed E-state index contributed by atoms with van der Waals surface area (Å²) in [4.78, 5) is 24.5. The summed E-state index contributed by atoms with van der Waals surface area (Å²) >= 11 is 1.49. The molecule has 2 amide bonds. The number of carbonyl (C=O) groups is 2. The van der Waals surface area contributed by atoms with Gasteiger partial charge in [0.15, 0.2) is 0 Å². The summed E-state index contributed by atoms with van der Waals surface area (Å²) in [6.07, 6.45) is 3.06. The van der Waals surface area contributed by atoms with Gasteiger partial charge in [0.2, 0.25) is 0 Å². The Hall–Kier alpha value is -0.910. The molecule has 18 heavy (non-hydrogen) atoms. The van der Waals surface area contributed by atoms with Gasteiger partial charge in [0.25, 0.3) is 0 Å². The van der Waals surface area contributed by atoms with Gasteiger partial charge in [-0.15, -0.1) is 11.8 Å². The number of hydrogen-bond donors (Lipinski definition) is 2. The van der Waals surface area contributed by atoms with E-state index < -0.39 is 12.0 Å². The number of thioether (sulfide) groups is 1. The molecule has 1 saturated carbocycles. The van der Waals surface area contributed by atoms with Crippen LogP contribution in [0.1, 0.15) is 33.1 Å². The lowest BCUT2D eigenvalue weighted by molar-refractivity contribution is -0.140. The Morgan fingerprint density at radius 3 is 2.72 bits per heavy atom. The molecular weight excluding hydrogens is 252 g/mol. The van der Waals surface area contributed by atoms with Crippen molar-refractivity contribution < 1.29 is 14.7 Å². The van der Waals surface area contributed by atoms with Crippen molar-refractivity contribution in [2.45, 2.75) is 45.2 Å². The van der Waals surface area contributed by atoms with Gasteiger partial charge in [0.1, 0.15) is 6.04 Å². The average Bonchev–Trinajstić information content (AvgIpc) is 2.84. The number of amides is 2. The third kappa shape index (κ3) is 2.91. The van der Waals surface area contributed by atoms with Crippen molar-refractivity contribution in [1.29, 1.82) is 0 Å². The van der Waals surface area contributed by atoms with Crippen LogP contribution in [0.15, 0.2) is 0 Å². The molecule has 0 spiro atoms. The van der Waals surface area contributed by atoms with Gasteiger partial charge in [-0.1, -0.05) is 13.8 Å². The first kappa shape index (κ1) is 13.5. The van der Waals surface area contributed by atoms with Crippen LogP contribution in [0, 0.1) is 5.41 Å². The molecule has 0 bridgehead atoms. The zero-order chi connectivity index (χ0) is 13.3. The highest BCUT2D eigenvalue weighted by molar-refractivity contribution is 7.99. The lowest BCUT2D eigenvalue weighted by Gasteiger charge is -2.24. The van der Waals surface area contributed by atoms with Crippen LogP contribution in [-0.2, 0) is 4.79 Å². The smallest absolute Gasteiger partial charge is 0.327 e. The number of carbonyl (C=O) groups excluding carboxylic acids is 1. The number of carboxylic acid groups (broad SMARTS) is 1. The molecule has 0 aromatic rings. The molecule has 1 saturated heterocycles. The predicted octanol–water partition coefficient (Wildman–Crippen LogP) is 1.73. The van der Waals surface area contributed by atoms with Gasteiger partial charge in [0, 0.05) is 11.8 Å². The number of urea groups is 1. The SMILES string of the molecule is CC1(C)CCC(NC(=O)N2CSC[C@H]2C(=O)O)C1. The highest BCUT2D eigenvalue weighted by Gasteiger charge is 2.37. The summed E-state index contributed by atoms with van der Waals surface area (Å²) in [6, 6.07) is -0.716. The Morgan fingerprint density at radius 2 is 2.17 bits per heavy atom. The lowest BCUT2D eigenvalue weighted by Crippen LogP contribution is -2.49. The van der Waals surface area contributed by atoms with Crippen molar-refractivity contribution in [3.05, 3.63) is 0 Å². The Kier molecular flexibility index (Phi) is 3.75. The molecule has 1 aliphatic heterocycles. The monoisotopic (exact) mass is 272 g/mol. The topological polar surface area (TPSA) is 69.6 Å². The maximum absolute atomic E-state index is 12.1. The van der Waals surface area contributed by atoms with E-state index in [4.69, 9.17) is 5.11 Å². The molecule has 0 aromatic carbocycles. The minimum Gasteiger partial charge on any atom is -0.480 e. The summed E-state index contributed by atoms with van der Waals surface area (Å²) in [5, 5.41) is 12.0. The molecule has 102 valence electrons. The third-order valence-electron chi connectivity index (χ3n) is 3.72. The van der Waals surface area contributed by atoms with Gasteiger partial charge >= 0.3 is 12.0 Å². The second-order valence-electron chi connectivity index (χ2n) is 5.88. The summed E-state index contributed by atoms with van der Waals surface area (Å²) in [7, 11) is 0. The number of aliphatic carboxylic acids is 1. The van der Waals surface area contributed by atoms with Gasteiger partial charge < -0.3 is 15.3 Å². The van der Waals surface area contributed by atoms with E-state index in [0.29, 0.717) is 11.6 Å². The molecule has 6 heteroatoms. The maximum atomic E-state index is 12.1. The molecule has 1 aliphatic carbocycles. The Morgan fingerprint density at radius 1 is 1.44 bits per heavy atom. The van der Waals surface area contributed by atoms with Gasteiger partial charge in [-0.3, -0.25) is 0 Å². The zero-order valence-corrected chi connectivity index (χ0v) is 11.6. The lowest BCUT2D eigenvalue weighted by atomic mass is 9.92. The first-order valence-electron chi connectivity index (χ1n) is 6.27. The second kappa shape index (κ2) is 4.99. The molecule has 1 unspecified atom stereocenters. The minimum absolute atomic E-state index is 0.188. The van der Waals surface area contributed by atoms with E-state index in [1.54, 1.807) is 0 Å². The van der Waals surface area contributed by atoms with Crippen LogP contribution in [-0.4, -0.2) is 45.7 Å². The zero-order valence-electron chi connectivity index (χ0n) is 10.8. The molecule has 2 N–H and O–H groups in total. The quantitative estimate of drug-likeness (QED) is 0.803. The van der Waals surface area contributed by atoms with E-state index in [9.17, 15) is 9.59 Å². The van der Waals surface area contributed by atoms with E-state index in [2.05, 4.69) is 19.2 Å². The normalized spacial score (nSPS) is 30.4. The van der Waals surface area contributed by atoms with E-state index in [0.717, 1.165) is 19.3 Å². The molecule has 1 heterocycles. The molecular formula is C12H20N2O3S. The Bertz CT molecular complexity index is 359. The molecule has 0 radical (unpaired) electrons. The van der Waals surface area contributed by atoms with Crippen molar-refractivity contribution >= 4 is 23.8 Å². The van der Waals surface area contributed by atoms with Crippen molar-refractivity contribution in [1.82, 2.24) is 10.2 Å². The van der Waals surface area contributed by atoms with Crippen LogP contribution in [0.4, 0.5) is 4.79 Å². The van der Waals surface area contributed by atoms with Gasteiger partial charge in [-0.2, -0.15) is 0 Å². The van der Waals surface area contributed by atoms with Crippen LogP contribution in [0.2, 0.25) is 0 Å². The first-order chi connectivity index (χ1) is 8.39. The van der Waals surface area contributed by atoms with Crippen LogP contribution in [0.25, 0.3) is 0 Å². The van der Waals surface area contributed by atoms with Crippen LogP contribution >= 0.6 is 11.8 Å². The van der Waals surface area contributed by atoms with Crippen molar-refractivity contribution in [2.24, 2.45) is 5.41 Å². The molecule has 2 atom stereocenters. The van der Waals surface area contributed by atoms with Crippen LogP contribution in [0.5, 0.6) is 0 Å². The number of nitrogens with zero attached hydrogens (tertiary/aromatic N) is 1. The van der Waals surface area contributed by atoms with Crippen LogP contribution in [0.3, 0.4) is 0 Å². The maximum Gasteiger partial charge on any atom is 0.327 e.